The molecule has 1 aliphatic rings. The molecule has 6 nitrogen and oxygen atoms in total. The minimum Gasteiger partial charge on any atom is -0.492 e. The summed E-state index contributed by atoms with van der Waals surface area (Å²) < 4.78 is 46.5. The number of nitrogens with one attached hydrogen (secondary N) is 2. The predicted octanol–water partition coefficient (Wildman–Crippen LogP) is 4.20. The molecule has 0 bridgehead atoms. The van der Waals surface area contributed by atoms with E-state index in [0.717, 1.165) is 6.07 Å². The highest BCUT2D eigenvalue weighted by Crippen LogP contribution is 2.42. The SMILES string of the molecule is Cn1c(=O)ccc2c(NC(=O)N[C@@H]3CCOc4c3cccc4C(F)(F)F)cccc21. The fourth-order valence-electron chi connectivity index (χ4n) is 3.63. The largest absolute Gasteiger partial charge is 0.492 e. The number of urea groups is 1. The number of aryl methyl sites for hydroxylation is 1. The average molecular weight is 417 g/mol. The number of carbonyl (C=O) groups is 1. The van der Waals surface area contributed by atoms with E-state index in [1.54, 1.807) is 31.3 Å². The summed E-state index contributed by atoms with van der Waals surface area (Å²) in [5.41, 5.74) is 0.375. The van der Waals surface area contributed by atoms with E-state index < -0.39 is 23.8 Å². The quantitative estimate of drug-likeness (QED) is 0.656. The lowest BCUT2D eigenvalue weighted by Crippen LogP contribution is -2.35. The van der Waals surface area contributed by atoms with Gasteiger partial charge in [0.05, 0.1) is 29.4 Å². The number of para-hydroxylation sites is 1. The summed E-state index contributed by atoms with van der Waals surface area (Å²) in [6.45, 7) is 0.0570. The van der Waals surface area contributed by atoms with Gasteiger partial charge in [-0.25, -0.2) is 4.79 Å². The van der Waals surface area contributed by atoms with E-state index in [0.29, 0.717) is 23.0 Å². The van der Waals surface area contributed by atoms with Crippen molar-refractivity contribution in [1.29, 1.82) is 0 Å². The van der Waals surface area contributed by atoms with E-state index in [9.17, 15) is 22.8 Å². The molecule has 30 heavy (non-hydrogen) atoms. The topological polar surface area (TPSA) is 72.4 Å². The molecule has 0 saturated heterocycles. The number of aromatic nitrogens is 1. The molecule has 2 aromatic carbocycles. The Morgan fingerprint density at radius 3 is 2.67 bits per heavy atom. The summed E-state index contributed by atoms with van der Waals surface area (Å²) in [6, 6.07) is 10.8. The van der Waals surface area contributed by atoms with E-state index in [4.69, 9.17) is 4.74 Å². The van der Waals surface area contributed by atoms with Gasteiger partial charge in [0, 0.05) is 30.5 Å². The number of alkyl halides is 3. The van der Waals surface area contributed by atoms with Gasteiger partial charge in [-0.1, -0.05) is 18.2 Å². The molecule has 0 fully saturated rings. The van der Waals surface area contributed by atoms with E-state index in [1.807, 2.05) is 0 Å². The first-order valence-corrected chi connectivity index (χ1v) is 9.25. The zero-order chi connectivity index (χ0) is 21.5. The number of nitrogens with zero attached hydrogens (tertiary/aromatic N) is 1. The standard InChI is InChI=1S/C21H18F3N3O3/c1-27-17-7-3-6-15(12(17)8-9-18(27)28)25-20(29)26-16-10-11-30-19-13(16)4-2-5-14(19)21(22,23)24/h2-9,16H,10-11H2,1H3,(H2,25,26,29)/t16-/m1/s1. The minimum atomic E-state index is -4.55. The Bertz CT molecular complexity index is 1190. The fraction of sp³-hybridized carbons (Fsp3) is 0.238. The maximum atomic E-state index is 13.3. The van der Waals surface area contributed by atoms with Crippen LogP contribution in [0.2, 0.25) is 0 Å². The van der Waals surface area contributed by atoms with Crippen molar-refractivity contribution in [3.05, 3.63) is 70.0 Å². The Labute approximate surface area is 169 Å². The van der Waals surface area contributed by atoms with E-state index >= 15 is 0 Å². The number of pyridine rings is 1. The lowest BCUT2D eigenvalue weighted by atomic mass is 9.97. The normalized spacial score (nSPS) is 15.9. The highest BCUT2D eigenvalue weighted by Gasteiger charge is 2.37. The molecule has 2 N–H and O–H groups in total. The number of carbonyl (C=O) groups excluding carboxylic acids is 1. The third-order valence-corrected chi connectivity index (χ3v) is 5.10. The van der Waals surface area contributed by atoms with Crippen LogP contribution in [0.5, 0.6) is 5.75 Å². The second-order valence-electron chi connectivity index (χ2n) is 6.98. The third kappa shape index (κ3) is 3.58. The highest BCUT2D eigenvalue weighted by molar-refractivity contribution is 6.00. The maximum absolute atomic E-state index is 13.3. The van der Waals surface area contributed by atoms with Crippen LogP contribution in [0.4, 0.5) is 23.7 Å². The Morgan fingerprint density at radius 2 is 1.90 bits per heavy atom. The number of ether oxygens (including phenoxy) is 1. The number of amides is 2. The summed E-state index contributed by atoms with van der Waals surface area (Å²) in [7, 11) is 1.63. The number of hydrogen-bond donors (Lipinski definition) is 2. The van der Waals surface area contributed by atoms with Gasteiger partial charge < -0.3 is 19.9 Å². The van der Waals surface area contributed by atoms with Crippen molar-refractivity contribution < 1.29 is 22.7 Å². The van der Waals surface area contributed by atoms with Gasteiger partial charge in [0.2, 0.25) is 0 Å². The predicted molar refractivity (Wildman–Crippen MR) is 106 cm³/mol. The van der Waals surface area contributed by atoms with Gasteiger partial charge >= 0.3 is 12.2 Å². The van der Waals surface area contributed by atoms with E-state index in [1.165, 1.54) is 22.8 Å². The van der Waals surface area contributed by atoms with Crippen LogP contribution in [0.25, 0.3) is 10.9 Å². The summed E-state index contributed by atoms with van der Waals surface area (Å²) in [5.74, 6) is -0.248. The van der Waals surface area contributed by atoms with Crippen molar-refractivity contribution in [3.63, 3.8) is 0 Å². The number of fused-ring (bicyclic) bond motifs is 2. The number of anilines is 1. The molecule has 0 saturated carbocycles. The second-order valence-corrected chi connectivity index (χ2v) is 6.98. The van der Waals surface area contributed by atoms with Crippen LogP contribution < -0.4 is 20.9 Å². The molecule has 2 heterocycles. The Morgan fingerprint density at radius 1 is 1.13 bits per heavy atom. The van der Waals surface area contributed by atoms with Gasteiger partial charge in [0.25, 0.3) is 5.56 Å². The molecule has 4 rings (SSSR count). The number of halogens is 3. The molecule has 156 valence electrons. The molecule has 0 unspecified atom stereocenters. The Kier molecular flexibility index (Phi) is 4.89. The van der Waals surface area contributed by atoms with Gasteiger partial charge in [-0.2, -0.15) is 13.2 Å². The van der Waals surface area contributed by atoms with Crippen molar-refractivity contribution in [2.45, 2.75) is 18.6 Å². The monoisotopic (exact) mass is 417 g/mol. The van der Waals surface area contributed by atoms with Crippen molar-refractivity contribution >= 4 is 22.6 Å². The maximum Gasteiger partial charge on any atom is 0.419 e. The number of benzene rings is 2. The molecule has 1 aromatic heterocycles. The van der Waals surface area contributed by atoms with Crippen LogP contribution >= 0.6 is 0 Å². The second kappa shape index (κ2) is 7.40. The van der Waals surface area contributed by atoms with E-state index in [2.05, 4.69) is 10.6 Å². The van der Waals surface area contributed by atoms with Crippen LogP contribution in [0.15, 0.2) is 53.3 Å². The van der Waals surface area contributed by atoms with Crippen LogP contribution in [0.3, 0.4) is 0 Å². The molecular weight excluding hydrogens is 399 g/mol. The summed E-state index contributed by atoms with van der Waals surface area (Å²) in [6.07, 6.45) is -4.21. The molecule has 0 spiro atoms. The van der Waals surface area contributed by atoms with Gasteiger partial charge in [0.1, 0.15) is 5.75 Å². The van der Waals surface area contributed by atoms with Crippen LogP contribution in [-0.2, 0) is 13.2 Å². The van der Waals surface area contributed by atoms with Crippen molar-refractivity contribution in [2.24, 2.45) is 7.05 Å². The van der Waals surface area contributed by atoms with Crippen molar-refractivity contribution in [3.8, 4) is 5.75 Å². The van der Waals surface area contributed by atoms with Crippen LogP contribution in [0, 0.1) is 0 Å². The summed E-state index contributed by atoms with van der Waals surface area (Å²) in [4.78, 5) is 24.4. The Balaban J connectivity index is 1.59. The molecule has 0 aliphatic carbocycles. The van der Waals surface area contributed by atoms with Crippen molar-refractivity contribution in [1.82, 2.24) is 9.88 Å². The molecule has 9 heteroatoms. The first-order valence-electron chi connectivity index (χ1n) is 9.25. The van der Waals surface area contributed by atoms with Crippen molar-refractivity contribution in [2.75, 3.05) is 11.9 Å². The molecule has 1 atom stereocenters. The molecule has 0 radical (unpaired) electrons. The summed E-state index contributed by atoms with van der Waals surface area (Å²) >= 11 is 0. The zero-order valence-electron chi connectivity index (χ0n) is 15.9. The van der Waals surface area contributed by atoms with Crippen LogP contribution in [0.1, 0.15) is 23.6 Å². The van der Waals surface area contributed by atoms with Gasteiger partial charge in [-0.3, -0.25) is 4.79 Å². The minimum absolute atomic E-state index is 0.0570. The molecular formula is C21H18F3N3O3. The molecule has 3 aromatic rings. The zero-order valence-corrected chi connectivity index (χ0v) is 15.9. The molecule has 2 amide bonds. The Hall–Kier alpha value is -3.49. The summed E-state index contributed by atoms with van der Waals surface area (Å²) in [5, 5.41) is 6.12. The van der Waals surface area contributed by atoms with Gasteiger partial charge in [0.15, 0.2) is 0 Å². The number of hydrogen-bond acceptors (Lipinski definition) is 3. The fourth-order valence-corrected chi connectivity index (χ4v) is 3.63. The lowest BCUT2D eigenvalue weighted by Gasteiger charge is -2.28. The van der Waals surface area contributed by atoms with Gasteiger partial charge in [-0.05, 0) is 24.3 Å². The third-order valence-electron chi connectivity index (χ3n) is 5.10. The first-order chi connectivity index (χ1) is 14.3. The molecule has 1 aliphatic heterocycles. The van der Waals surface area contributed by atoms with E-state index in [-0.39, 0.29) is 23.5 Å². The first kappa shape index (κ1) is 19.8. The van der Waals surface area contributed by atoms with Crippen LogP contribution in [-0.4, -0.2) is 17.2 Å². The average Bonchev–Trinajstić information content (AvgIpc) is 2.70. The lowest BCUT2D eigenvalue weighted by molar-refractivity contribution is -0.139. The van der Waals surface area contributed by atoms with Gasteiger partial charge in [-0.15, -0.1) is 0 Å². The number of rotatable bonds is 2. The highest BCUT2D eigenvalue weighted by atomic mass is 19.4. The smallest absolute Gasteiger partial charge is 0.419 e.